The molecule has 144 valence electrons. The zero-order chi connectivity index (χ0) is 19.3. The molecule has 0 spiro atoms. The fraction of sp³-hybridized carbons (Fsp3) is 0.529. The Hall–Kier alpha value is -2.13. The number of aliphatic hydroxyl groups is 1. The zero-order valence-corrected chi connectivity index (χ0v) is 14.4. The van der Waals surface area contributed by atoms with Gasteiger partial charge >= 0.3 is 6.18 Å². The van der Waals surface area contributed by atoms with Crippen LogP contribution in [0.1, 0.15) is 17.5 Å². The second-order valence-electron chi connectivity index (χ2n) is 6.18. The standard InChI is InChI=1S/C17H22F3N3O3/c1-22(8-9-24)15(25)10-14-16(26)21-6-7-23(14)11-12-4-2-3-5-13(12)17(18,19)20/h2-5,14,24H,6-11H2,1H3,(H,21,26). The Morgan fingerprint density at radius 1 is 1.38 bits per heavy atom. The summed E-state index contributed by atoms with van der Waals surface area (Å²) in [5, 5.41) is 11.6. The van der Waals surface area contributed by atoms with Crippen LogP contribution in [0.4, 0.5) is 13.2 Å². The number of piperazine rings is 1. The molecule has 1 aromatic rings. The smallest absolute Gasteiger partial charge is 0.395 e. The maximum atomic E-state index is 13.2. The van der Waals surface area contributed by atoms with Crippen molar-refractivity contribution in [3.8, 4) is 0 Å². The summed E-state index contributed by atoms with van der Waals surface area (Å²) in [5.41, 5.74) is -0.677. The highest BCUT2D eigenvalue weighted by Gasteiger charge is 2.36. The molecule has 1 aliphatic rings. The summed E-state index contributed by atoms with van der Waals surface area (Å²) in [4.78, 5) is 27.3. The number of alkyl halides is 3. The lowest BCUT2D eigenvalue weighted by molar-refractivity contribution is -0.140. The quantitative estimate of drug-likeness (QED) is 0.775. The molecule has 1 fully saturated rings. The van der Waals surface area contributed by atoms with Crippen LogP contribution in [0.2, 0.25) is 0 Å². The summed E-state index contributed by atoms with van der Waals surface area (Å²) < 4.78 is 39.6. The molecule has 1 atom stereocenters. The Morgan fingerprint density at radius 2 is 2.08 bits per heavy atom. The van der Waals surface area contributed by atoms with Crippen LogP contribution in [0.15, 0.2) is 24.3 Å². The summed E-state index contributed by atoms with van der Waals surface area (Å²) >= 11 is 0. The molecule has 2 N–H and O–H groups in total. The van der Waals surface area contributed by atoms with Crippen molar-refractivity contribution in [1.82, 2.24) is 15.1 Å². The Labute approximate surface area is 149 Å². The first-order valence-corrected chi connectivity index (χ1v) is 8.25. The van der Waals surface area contributed by atoms with Gasteiger partial charge in [-0.25, -0.2) is 0 Å². The normalized spacial score (nSPS) is 18.5. The molecular weight excluding hydrogens is 351 g/mol. The fourth-order valence-electron chi connectivity index (χ4n) is 2.92. The molecule has 0 saturated carbocycles. The highest BCUT2D eigenvalue weighted by atomic mass is 19.4. The molecule has 0 aliphatic carbocycles. The molecule has 6 nitrogen and oxygen atoms in total. The largest absolute Gasteiger partial charge is 0.416 e. The Morgan fingerprint density at radius 3 is 2.73 bits per heavy atom. The topological polar surface area (TPSA) is 72.9 Å². The van der Waals surface area contributed by atoms with Crippen LogP contribution in [0, 0.1) is 0 Å². The first-order chi connectivity index (χ1) is 12.2. The minimum atomic E-state index is -4.48. The highest BCUT2D eigenvalue weighted by molar-refractivity contribution is 5.88. The van der Waals surface area contributed by atoms with Crippen molar-refractivity contribution in [3.05, 3.63) is 35.4 Å². The van der Waals surface area contributed by atoms with Crippen molar-refractivity contribution in [2.45, 2.75) is 25.2 Å². The van der Waals surface area contributed by atoms with Gasteiger partial charge < -0.3 is 15.3 Å². The van der Waals surface area contributed by atoms with E-state index in [0.717, 1.165) is 6.07 Å². The van der Waals surface area contributed by atoms with Crippen LogP contribution in [-0.2, 0) is 22.3 Å². The number of nitrogens with one attached hydrogen (secondary N) is 1. The molecule has 1 unspecified atom stereocenters. The van der Waals surface area contributed by atoms with Crippen LogP contribution >= 0.6 is 0 Å². The summed E-state index contributed by atoms with van der Waals surface area (Å²) in [5.74, 6) is -0.735. The van der Waals surface area contributed by atoms with Crippen molar-refractivity contribution < 1.29 is 27.9 Å². The van der Waals surface area contributed by atoms with E-state index in [1.165, 1.54) is 30.1 Å². The van der Waals surface area contributed by atoms with E-state index < -0.39 is 17.8 Å². The minimum Gasteiger partial charge on any atom is -0.395 e. The van der Waals surface area contributed by atoms with E-state index in [1.807, 2.05) is 0 Å². The van der Waals surface area contributed by atoms with E-state index in [4.69, 9.17) is 5.11 Å². The highest BCUT2D eigenvalue weighted by Crippen LogP contribution is 2.32. The second-order valence-corrected chi connectivity index (χ2v) is 6.18. The van der Waals surface area contributed by atoms with Gasteiger partial charge in [0.05, 0.1) is 24.6 Å². The van der Waals surface area contributed by atoms with Crippen LogP contribution in [0.5, 0.6) is 0 Å². The maximum Gasteiger partial charge on any atom is 0.416 e. The molecule has 9 heteroatoms. The van der Waals surface area contributed by atoms with Gasteiger partial charge in [-0.1, -0.05) is 18.2 Å². The number of aliphatic hydroxyl groups excluding tert-OH is 1. The van der Waals surface area contributed by atoms with Gasteiger partial charge in [-0.3, -0.25) is 14.5 Å². The molecule has 0 aromatic heterocycles. The van der Waals surface area contributed by atoms with Crippen molar-refractivity contribution in [2.24, 2.45) is 0 Å². The van der Waals surface area contributed by atoms with E-state index >= 15 is 0 Å². The number of halogens is 3. The van der Waals surface area contributed by atoms with E-state index in [1.54, 1.807) is 4.90 Å². The monoisotopic (exact) mass is 373 g/mol. The molecule has 26 heavy (non-hydrogen) atoms. The van der Waals surface area contributed by atoms with Crippen molar-refractivity contribution in [1.29, 1.82) is 0 Å². The number of hydrogen-bond donors (Lipinski definition) is 2. The van der Waals surface area contributed by atoms with Gasteiger partial charge in [0.1, 0.15) is 0 Å². The van der Waals surface area contributed by atoms with Crippen LogP contribution in [0.3, 0.4) is 0 Å². The number of carbonyl (C=O) groups is 2. The van der Waals surface area contributed by atoms with Gasteiger partial charge in [-0.05, 0) is 11.6 Å². The van der Waals surface area contributed by atoms with Crippen LogP contribution in [0.25, 0.3) is 0 Å². The van der Waals surface area contributed by atoms with Crippen LogP contribution < -0.4 is 5.32 Å². The SMILES string of the molecule is CN(CCO)C(=O)CC1C(=O)NCCN1Cc1ccccc1C(F)(F)F. The van der Waals surface area contributed by atoms with Gasteiger partial charge in [-0.15, -0.1) is 0 Å². The molecular formula is C17H22F3N3O3. The average Bonchev–Trinajstić information content (AvgIpc) is 2.57. The Kier molecular flexibility index (Phi) is 6.60. The number of nitrogens with zero attached hydrogens (tertiary/aromatic N) is 2. The lowest BCUT2D eigenvalue weighted by Crippen LogP contribution is -2.56. The predicted octanol–water partition coefficient (Wildman–Crippen LogP) is 0.847. The maximum absolute atomic E-state index is 13.2. The molecule has 0 radical (unpaired) electrons. The van der Waals surface area contributed by atoms with Gasteiger partial charge in [0.25, 0.3) is 0 Å². The molecule has 2 amide bonds. The van der Waals surface area contributed by atoms with Gasteiger partial charge in [0.2, 0.25) is 11.8 Å². The fourth-order valence-corrected chi connectivity index (χ4v) is 2.92. The number of likely N-dealkylation sites (N-methyl/N-ethyl adjacent to an activating group) is 1. The molecule has 2 rings (SSSR count). The average molecular weight is 373 g/mol. The first-order valence-electron chi connectivity index (χ1n) is 8.25. The summed E-state index contributed by atoms with van der Waals surface area (Å²) in [6, 6.07) is 4.38. The van der Waals surface area contributed by atoms with Crippen molar-refractivity contribution in [3.63, 3.8) is 0 Å². The lowest BCUT2D eigenvalue weighted by Gasteiger charge is -2.35. The molecule has 1 aliphatic heterocycles. The van der Waals surface area contributed by atoms with Gasteiger partial charge in [0.15, 0.2) is 0 Å². The second kappa shape index (κ2) is 8.50. The third kappa shape index (κ3) is 4.95. The summed E-state index contributed by atoms with van der Waals surface area (Å²) in [7, 11) is 1.50. The van der Waals surface area contributed by atoms with Gasteiger partial charge in [-0.2, -0.15) is 13.2 Å². The number of carbonyl (C=O) groups excluding carboxylic acids is 2. The van der Waals surface area contributed by atoms with Crippen molar-refractivity contribution >= 4 is 11.8 Å². The summed E-state index contributed by atoms with van der Waals surface area (Å²) in [6.45, 7) is 0.500. The van der Waals surface area contributed by atoms with E-state index in [2.05, 4.69) is 5.32 Å². The minimum absolute atomic E-state index is 0.0656. The number of benzene rings is 1. The number of amides is 2. The molecule has 1 aromatic carbocycles. The van der Waals surface area contributed by atoms with Gasteiger partial charge in [0, 0.05) is 33.2 Å². The van der Waals surface area contributed by atoms with E-state index in [-0.39, 0.29) is 43.5 Å². The third-order valence-corrected chi connectivity index (χ3v) is 4.37. The Bertz CT molecular complexity index is 652. The third-order valence-electron chi connectivity index (χ3n) is 4.37. The summed E-state index contributed by atoms with van der Waals surface area (Å²) in [6.07, 6.45) is -4.64. The van der Waals surface area contributed by atoms with Crippen LogP contribution in [-0.4, -0.2) is 66.1 Å². The molecule has 0 bridgehead atoms. The zero-order valence-electron chi connectivity index (χ0n) is 14.4. The van der Waals surface area contributed by atoms with E-state index in [9.17, 15) is 22.8 Å². The molecule has 1 heterocycles. The predicted molar refractivity (Wildman–Crippen MR) is 88.0 cm³/mol. The first kappa shape index (κ1) is 20.2. The number of hydrogen-bond acceptors (Lipinski definition) is 4. The van der Waals surface area contributed by atoms with Crippen molar-refractivity contribution in [2.75, 3.05) is 33.3 Å². The van der Waals surface area contributed by atoms with E-state index in [0.29, 0.717) is 13.1 Å². The lowest BCUT2D eigenvalue weighted by atomic mass is 10.0. The number of rotatable bonds is 6. The molecule has 1 saturated heterocycles. The Balaban J connectivity index is 2.19.